The standard InChI is InChI=1S/C11H10ClN3O2/c1-15-11(10(6-16)13-14-15)7-17-9-4-2-8(12)3-5-9/h2-6H,7H2,1H3. The van der Waals surface area contributed by atoms with E-state index in [0.717, 1.165) is 0 Å². The number of rotatable bonds is 4. The number of carbonyl (C=O) groups is 1. The Morgan fingerprint density at radius 3 is 2.76 bits per heavy atom. The van der Waals surface area contributed by atoms with Gasteiger partial charge in [-0.15, -0.1) is 5.10 Å². The van der Waals surface area contributed by atoms with E-state index < -0.39 is 0 Å². The molecule has 0 radical (unpaired) electrons. The minimum absolute atomic E-state index is 0.235. The van der Waals surface area contributed by atoms with Gasteiger partial charge in [0.05, 0.1) is 0 Å². The van der Waals surface area contributed by atoms with Crippen LogP contribution >= 0.6 is 11.6 Å². The van der Waals surface area contributed by atoms with Crippen molar-refractivity contribution in [1.29, 1.82) is 0 Å². The Hall–Kier alpha value is -1.88. The van der Waals surface area contributed by atoms with Gasteiger partial charge in [-0.2, -0.15) is 0 Å². The molecule has 1 aromatic heterocycles. The van der Waals surface area contributed by atoms with Gasteiger partial charge in [0.25, 0.3) is 0 Å². The van der Waals surface area contributed by atoms with Gasteiger partial charge in [-0.3, -0.25) is 4.79 Å². The van der Waals surface area contributed by atoms with Crippen molar-refractivity contribution in [2.75, 3.05) is 0 Å². The summed E-state index contributed by atoms with van der Waals surface area (Å²) in [5, 5.41) is 8.10. The van der Waals surface area contributed by atoms with Crippen molar-refractivity contribution < 1.29 is 9.53 Å². The van der Waals surface area contributed by atoms with Gasteiger partial charge in [-0.1, -0.05) is 16.8 Å². The van der Waals surface area contributed by atoms with Crippen LogP contribution in [-0.4, -0.2) is 21.3 Å². The van der Waals surface area contributed by atoms with E-state index in [-0.39, 0.29) is 6.61 Å². The van der Waals surface area contributed by atoms with E-state index in [0.29, 0.717) is 28.4 Å². The van der Waals surface area contributed by atoms with Crippen molar-refractivity contribution in [3.63, 3.8) is 0 Å². The molecule has 0 saturated heterocycles. The molecule has 1 heterocycles. The van der Waals surface area contributed by atoms with Gasteiger partial charge < -0.3 is 4.74 Å². The fourth-order valence-electron chi connectivity index (χ4n) is 1.33. The molecule has 0 unspecified atom stereocenters. The summed E-state index contributed by atoms with van der Waals surface area (Å²) in [4.78, 5) is 10.7. The number of aldehydes is 1. The molecule has 5 nitrogen and oxygen atoms in total. The van der Waals surface area contributed by atoms with Crippen LogP contribution < -0.4 is 4.74 Å². The van der Waals surface area contributed by atoms with E-state index in [4.69, 9.17) is 16.3 Å². The van der Waals surface area contributed by atoms with Crippen molar-refractivity contribution in [1.82, 2.24) is 15.0 Å². The molecular weight excluding hydrogens is 242 g/mol. The lowest BCUT2D eigenvalue weighted by atomic mass is 10.3. The molecule has 0 fully saturated rings. The van der Waals surface area contributed by atoms with Gasteiger partial charge in [0.1, 0.15) is 18.1 Å². The van der Waals surface area contributed by atoms with E-state index >= 15 is 0 Å². The molecule has 0 aliphatic heterocycles. The van der Waals surface area contributed by atoms with Crippen LogP contribution in [0.1, 0.15) is 16.2 Å². The van der Waals surface area contributed by atoms with Gasteiger partial charge in [0.15, 0.2) is 12.0 Å². The first-order chi connectivity index (χ1) is 8.20. The average Bonchev–Trinajstić information content (AvgIpc) is 2.69. The van der Waals surface area contributed by atoms with Crippen molar-refractivity contribution in [3.05, 3.63) is 40.7 Å². The zero-order valence-electron chi connectivity index (χ0n) is 9.13. The van der Waals surface area contributed by atoms with Gasteiger partial charge in [0.2, 0.25) is 0 Å². The number of hydrogen-bond donors (Lipinski definition) is 0. The van der Waals surface area contributed by atoms with Crippen LogP contribution in [-0.2, 0) is 13.7 Å². The molecule has 0 N–H and O–H groups in total. The highest BCUT2D eigenvalue weighted by Crippen LogP contribution is 2.17. The normalized spacial score (nSPS) is 10.2. The number of aryl methyl sites for hydroxylation is 1. The summed E-state index contributed by atoms with van der Waals surface area (Å²) in [6, 6.07) is 6.98. The zero-order valence-corrected chi connectivity index (χ0v) is 9.89. The van der Waals surface area contributed by atoms with Gasteiger partial charge in [-0.05, 0) is 24.3 Å². The Balaban J connectivity index is 2.09. The molecule has 0 atom stereocenters. The molecule has 2 rings (SSSR count). The van der Waals surface area contributed by atoms with E-state index in [1.165, 1.54) is 4.68 Å². The van der Waals surface area contributed by atoms with Crippen LogP contribution in [0.25, 0.3) is 0 Å². The molecule has 0 aliphatic rings. The largest absolute Gasteiger partial charge is 0.487 e. The summed E-state index contributed by atoms with van der Waals surface area (Å²) < 4.78 is 7.02. The monoisotopic (exact) mass is 251 g/mol. The van der Waals surface area contributed by atoms with E-state index in [1.54, 1.807) is 31.3 Å². The molecule has 1 aromatic carbocycles. The van der Waals surface area contributed by atoms with E-state index in [2.05, 4.69) is 10.3 Å². The molecule has 6 heteroatoms. The topological polar surface area (TPSA) is 57.0 Å². The molecule has 0 bridgehead atoms. The van der Waals surface area contributed by atoms with Gasteiger partial charge in [0, 0.05) is 12.1 Å². The Morgan fingerprint density at radius 2 is 2.12 bits per heavy atom. The van der Waals surface area contributed by atoms with Crippen LogP contribution in [0.2, 0.25) is 5.02 Å². The molecule has 0 amide bonds. The number of ether oxygens (including phenoxy) is 1. The van der Waals surface area contributed by atoms with Gasteiger partial charge in [-0.25, -0.2) is 4.68 Å². The lowest BCUT2D eigenvalue weighted by Crippen LogP contribution is -2.05. The average molecular weight is 252 g/mol. The minimum atomic E-state index is 0.235. The maximum absolute atomic E-state index is 10.7. The summed E-state index contributed by atoms with van der Waals surface area (Å²) in [7, 11) is 1.71. The highest BCUT2D eigenvalue weighted by atomic mass is 35.5. The molecule has 17 heavy (non-hydrogen) atoms. The third-order valence-electron chi connectivity index (χ3n) is 2.27. The number of benzene rings is 1. The first-order valence-electron chi connectivity index (χ1n) is 4.93. The highest BCUT2D eigenvalue weighted by Gasteiger charge is 2.10. The Bertz CT molecular complexity index is 522. The summed E-state index contributed by atoms with van der Waals surface area (Å²) in [6.45, 7) is 0.235. The van der Waals surface area contributed by atoms with Crippen molar-refractivity contribution in [2.45, 2.75) is 6.61 Å². The summed E-state index contributed by atoms with van der Waals surface area (Å²) in [5.74, 6) is 0.674. The van der Waals surface area contributed by atoms with Gasteiger partial charge >= 0.3 is 0 Å². The lowest BCUT2D eigenvalue weighted by Gasteiger charge is -2.06. The van der Waals surface area contributed by atoms with E-state index in [1.807, 2.05) is 0 Å². The highest BCUT2D eigenvalue weighted by molar-refractivity contribution is 6.30. The molecule has 0 spiro atoms. The Morgan fingerprint density at radius 1 is 1.41 bits per heavy atom. The van der Waals surface area contributed by atoms with Crippen LogP contribution in [0.4, 0.5) is 0 Å². The number of nitrogens with zero attached hydrogens (tertiary/aromatic N) is 3. The zero-order chi connectivity index (χ0) is 12.3. The minimum Gasteiger partial charge on any atom is -0.487 e. The van der Waals surface area contributed by atoms with Crippen LogP contribution in [0.15, 0.2) is 24.3 Å². The van der Waals surface area contributed by atoms with Crippen molar-refractivity contribution >= 4 is 17.9 Å². The second kappa shape index (κ2) is 4.97. The number of carbonyl (C=O) groups excluding carboxylic acids is 1. The molecule has 0 saturated carbocycles. The number of aromatic nitrogens is 3. The maximum Gasteiger partial charge on any atom is 0.172 e. The molecule has 88 valence electrons. The third-order valence-corrected chi connectivity index (χ3v) is 2.53. The van der Waals surface area contributed by atoms with Crippen LogP contribution in [0.5, 0.6) is 5.75 Å². The molecular formula is C11H10ClN3O2. The van der Waals surface area contributed by atoms with E-state index in [9.17, 15) is 4.79 Å². The SMILES string of the molecule is Cn1nnc(C=O)c1COc1ccc(Cl)cc1. The second-order valence-corrected chi connectivity index (χ2v) is 3.84. The number of hydrogen-bond acceptors (Lipinski definition) is 4. The molecule has 0 aliphatic carbocycles. The predicted molar refractivity (Wildman–Crippen MR) is 62.2 cm³/mol. The Labute approximate surface area is 103 Å². The summed E-state index contributed by atoms with van der Waals surface area (Å²) in [6.07, 6.45) is 0.660. The number of halogens is 1. The van der Waals surface area contributed by atoms with Crippen LogP contribution in [0, 0.1) is 0 Å². The first kappa shape index (κ1) is 11.6. The maximum atomic E-state index is 10.7. The lowest BCUT2D eigenvalue weighted by molar-refractivity contribution is 0.111. The predicted octanol–water partition coefficient (Wildman–Crippen LogP) is 1.86. The van der Waals surface area contributed by atoms with Crippen molar-refractivity contribution in [3.8, 4) is 5.75 Å². The quantitative estimate of drug-likeness (QED) is 0.779. The second-order valence-electron chi connectivity index (χ2n) is 3.41. The third kappa shape index (κ3) is 2.62. The smallest absolute Gasteiger partial charge is 0.172 e. The summed E-state index contributed by atoms with van der Waals surface area (Å²) >= 11 is 5.76. The van der Waals surface area contributed by atoms with Crippen LogP contribution in [0.3, 0.4) is 0 Å². The first-order valence-corrected chi connectivity index (χ1v) is 5.30. The summed E-state index contributed by atoms with van der Waals surface area (Å²) in [5.41, 5.74) is 0.927. The molecule has 2 aromatic rings. The fourth-order valence-corrected chi connectivity index (χ4v) is 1.46. The Kier molecular flexibility index (Phi) is 3.39. The van der Waals surface area contributed by atoms with Crippen molar-refractivity contribution in [2.24, 2.45) is 7.05 Å². The fraction of sp³-hybridized carbons (Fsp3) is 0.182.